The Morgan fingerprint density at radius 3 is 1.13 bits per heavy atom. The highest BCUT2D eigenvalue weighted by Crippen LogP contribution is 2.44. The van der Waals surface area contributed by atoms with E-state index in [1.165, 1.54) is 0 Å². The van der Waals surface area contributed by atoms with Gasteiger partial charge < -0.3 is 0 Å². The molecule has 0 unspecified atom stereocenters. The number of nitro groups is 4. The van der Waals surface area contributed by atoms with Gasteiger partial charge in [0.25, 0.3) is 0 Å². The summed E-state index contributed by atoms with van der Waals surface area (Å²) in [6, 6.07) is 0. The van der Waals surface area contributed by atoms with Gasteiger partial charge in [-0.3, -0.25) is 40.5 Å². The Morgan fingerprint density at radius 1 is 0.645 bits per heavy atom. The number of allylic oxidation sites excluding steroid dienone is 2. The number of rotatable bonds is 6. The number of hydrogen-bond acceptors (Lipinski definition) is 10. The number of nitrogens with zero attached hydrogens (tertiary/aromatic N) is 4. The van der Waals surface area contributed by atoms with Crippen LogP contribution in [0.1, 0.15) is 0 Å². The van der Waals surface area contributed by atoms with E-state index in [0.29, 0.717) is 0 Å². The van der Waals surface area contributed by atoms with Gasteiger partial charge >= 0.3 is 23.2 Å². The van der Waals surface area contributed by atoms with E-state index in [1.807, 2.05) is 0 Å². The molecule has 0 aliphatic heterocycles. The van der Waals surface area contributed by atoms with Crippen molar-refractivity contribution in [2.24, 2.45) is 0 Å². The fourth-order valence-corrected chi connectivity index (χ4v) is 4.01. The van der Waals surface area contributed by atoms with E-state index >= 15 is 0 Å². The number of alkyl halides is 4. The third-order valence-corrected chi connectivity index (χ3v) is 6.07. The summed E-state index contributed by atoms with van der Waals surface area (Å²) in [5.41, 5.74) is -9.06. The molecule has 0 aromatic heterocycles. The minimum Gasteiger partial charge on any atom is -0.258 e. The van der Waals surface area contributed by atoms with E-state index in [1.54, 1.807) is 0 Å². The molecule has 0 saturated heterocycles. The summed E-state index contributed by atoms with van der Waals surface area (Å²) in [6.07, 6.45) is -2.29. The molecule has 0 bridgehead atoms. The molecular formula is C12H6F4N4O10S. The van der Waals surface area contributed by atoms with Gasteiger partial charge in [0.2, 0.25) is 9.84 Å². The van der Waals surface area contributed by atoms with Gasteiger partial charge in [0.15, 0.2) is 0 Å². The fraction of sp³-hybridized carbons (Fsp3) is 0.333. The van der Waals surface area contributed by atoms with Crippen LogP contribution >= 0.6 is 0 Å². The first-order valence-electron chi connectivity index (χ1n) is 7.33. The predicted molar refractivity (Wildman–Crippen MR) is 86.7 cm³/mol. The zero-order valence-corrected chi connectivity index (χ0v) is 15.1. The SMILES string of the molecule is O=[N+]([O-])C1([N+](=O)[O-])C=C(S(=O)(=O)C2=CC([N+](=O)[O-])([N+](=O)[O-])C(F)(F)C=C2)C=CC1(F)F. The van der Waals surface area contributed by atoms with Crippen LogP contribution < -0.4 is 0 Å². The highest BCUT2D eigenvalue weighted by Gasteiger charge is 2.76. The molecule has 0 heterocycles. The Hall–Kier alpha value is -3.77. The van der Waals surface area contributed by atoms with Crippen molar-refractivity contribution in [1.29, 1.82) is 0 Å². The summed E-state index contributed by atoms with van der Waals surface area (Å²) in [6.45, 7) is 0. The van der Waals surface area contributed by atoms with Gasteiger partial charge in [-0.25, -0.2) is 8.42 Å². The zero-order valence-electron chi connectivity index (χ0n) is 14.3. The monoisotopic (exact) mass is 474 g/mol. The lowest BCUT2D eigenvalue weighted by Gasteiger charge is -2.26. The lowest BCUT2D eigenvalue weighted by molar-refractivity contribution is -0.801. The van der Waals surface area contributed by atoms with Crippen LogP contribution in [0, 0.1) is 40.5 Å². The van der Waals surface area contributed by atoms with E-state index < -0.39 is 86.8 Å². The third kappa shape index (κ3) is 2.95. The molecule has 14 nitrogen and oxygen atoms in total. The molecule has 0 N–H and O–H groups in total. The van der Waals surface area contributed by atoms with Gasteiger partial charge in [0, 0.05) is 12.2 Å². The number of hydrogen-bond donors (Lipinski definition) is 0. The molecular weight excluding hydrogens is 468 g/mol. The van der Waals surface area contributed by atoms with E-state index in [9.17, 15) is 66.4 Å². The topological polar surface area (TPSA) is 207 Å². The molecule has 31 heavy (non-hydrogen) atoms. The van der Waals surface area contributed by atoms with Crippen molar-refractivity contribution in [3.8, 4) is 0 Å². The molecule has 168 valence electrons. The second-order valence-electron chi connectivity index (χ2n) is 5.99. The molecule has 0 aromatic rings. The van der Waals surface area contributed by atoms with Gasteiger partial charge in [0.05, 0.1) is 22.0 Å². The standard InChI is InChI=1S/C12H6F4N4O10S/c13-9(14)3-1-7(5-11(9,17(21)22)18(23)24)31(29,30)8-2-4-10(15,16)12(6-8,19(25)26)20(27)28/h1-6H. The zero-order chi connectivity index (χ0) is 24.2. The van der Waals surface area contributed by atoms with Crippen LogP contribution in [-0.2, 0) is 9.84 Å². The second kappa shape index (κ2) is 6.62. The van der Waals surface area contributed by atoms with Crippen LogP contribution in [0.25, 0.3) is 0 Å². The summed E-state index contributed by atoms with van der Waals surface area (Å²) in [4.78, 5) is 32.6. The van der Waals surface area contributed by atoms with Crippen molar-refractivity contribution >= 4 is 9.84 Å². The Bertz CT molecular complexity index is 1030. The fourth-order valence-electron chi connectivity index (χ4n) is 2.61. The van der Waals surface area contributed by atoms with Gasteiger partial charge in [-0.15, -0.1) is 0 Å². The minimum absolute atomic E-state index is 0.0397. The molecule has 0 atom stereocenters. The smallest absolute Gasteiger partial charge is 0.258 e. The molecule has 0 amide bonds. The molecule has 19 heteroatoms. The summed E-state index contributed by atoms with van der Waals surface area (Å²) in [5, 5.41) is 44.2. The lowest BCUT2D eigenvalue weighted by atomic mass is 9.97. The molecule has 0 aromatic carbocycles. The van der Waals surface area contributed by atoms with E-state index in [4.69, 9.17) is 0 Å². The van der Waals surface area contributed by atoms with Crippen molar-refractivity contribution in [3.63, 3.8) is 0 Å². The summed E-state index contributed by atoms with van der Waals surface area (Å²) < 4.78 is 81.0. The van der Waals surface area contributed by atoms with Crippen LogP contribution in [0.4, 0.5) is 17.6 Å². The maximum Gasteiger partial charge on any atom is 0.544 e. The molecule has 0 saturated carbocycles. The van der Waals surface area contributed by atoms with Crippen LogP contribution in [-0.4, -0.2) is 51.3 Å². The van der Waals surface area contributed by atoms with E-state index in [-0.39, 0.29) is 12.2 Å². The maximum absolute atomic E-state index is 13.9. The highest BCUT2D eigenvalue weighted by atomic mass is 32.2. The van der Waals surface area contributed by atoms with E-state index in [2.05, 4.69) is 0 Å². The predicted octanol–water partition coefficient (Wildman–Crippen LogP) is 1.08. The Kier molecular flexibility index (Phi) is 5.02. The van der Waals surface area contributed by atoms with Gasteiger partial charge in [-0.05, 0) is 12.2 Å². The van der Waals surface area contributed by atoms with Crippen LogP contribution in [0.2, 0.25) is 0 Å². The first-order valence-corrected chi connectivity index (χ1v) is 8.81. The van der Waals surface area contributed by atoms with Crippen molar-refractivity contribution in [1.82, 2.24) is 0 Å². The van der Waals surface area contributed by atoms with Crippen LogP contribution in [0.3, 0.4) is 0 Å². The third-order valence-electron chi connectivity index (χ3n) is 4.32. The van der Waals surface area contributed by atoms with Gasteiger partial charge in [0.1, 0.15) is 19.7 Å². The lowest BCUT2D eigenvalue weighted by Crippen LogP contribution is -2.59. The van der Waals surface area contributed by atoms with Crippen molar-refractivity contribution < 1.29 is 45.7 Å². The second-order valence-corrected chi connectivity index (χ2v) is 7.94. The summed E-state index contributed by atoms with van der Waals surface area (Å²) in [7, 11) is -5.50. The summed E-state index contributed by atoms with van der Waals surface area (Å²) in [5.74, 6) is -9.71. The maximum atomic E-state index is 13.9. The minimum atomic E-state index is -5.50. The Labute approximate surface area is 166 Å². The first-order chi connectivity index (χ1) is 13.9. The quantitative estimate of drug-likeness (QED) is 0.231. The first kappa shape index (κ1) is 23.5. The molecule has 0 radical (unpaired) electrons. The molecule has 2 rings (SSSR count). The largest absolute Gasteiger partial charge is 0.544 e. The highest BCUT2D eigenvalue weighted by molar-refractivity contribution is 7.99. The van der Waals surface area contributed by atoms with Crippen LogP contribution in [0.15, 0.2) is 46.3 Å². The van der Waals surface area contributed by atoms with Gasteiger partial charge in [-0.1, -0.05) is 0 Å². The van der Waals surface area contributed by atoms with Crippen molar-refractivity contribution in [2.45, 2.75) is 23.2 Å². The average Bonchev–Trinajstić information content (AvgIpc) is 2.59. The number of halogens is 4. The summed E-state index contributed by atoms with van der Waals surface area (Å²) >= 11 is 0. The Balaban J connectivity index is 2.81. The van der Waals surface area contributed by atoms with Crippen molar-refractivity contribution in [2.75, 3.05) is 0 Å². The molecule has 0 spiro atoms. The average molecular weight is 474 g/mol. The molecule has 0 fully saturated rings. The normalized spacial score (nSPS) is 22.7. The van der Waals surface area contributed by atoms with Crippen LogP contribution in [0.5, 0.6) is 0 Å². The van der Waals surface area contributed by atoms with E-state index in [0.717, 1.165) is 0 Å². The molecule has 2 aliphatic rings. The number of sulfone groups is 1. The molecule has 2 aliphatic carbocycles. The Morgan fingerprint density at radius 2 is 0.903 bits per heavy atom. The van der Waals surface area contributed by atoms with Gasteiger partial charge in [-0.2, -0.15) is 17.6 Å². The van der Waals surface area contributed by atoms with Crippen molar-refractivity contribution in [3.05, 3.63) is 86.7 Å².